The highest BCUT2D eigenvalue weighted by Crippen LogP contribution is 2.29. The Morgan fingerprint density at radius 1 is 0.914 bits per heavy atom. The van der Waals surface area contributed by atoms with Gasteiger partial charge in [-0.3, -0.25) is 9.59 Å². The third-order valence-corrected chi connectivity index (χ3v) is 5.78. The van der Waals surface area contributed by atoms with Crippen LogP contribution in [0.5, 0.6) is 5.75 Å². The van der Waals surface area contributed by atoms with E-state index < -0.39 is 23.9 Å². The molecule has 1 unspecified atom stereocenters. The third kappa shape index (κ3) is 5.96. The SMILES string of the molecule is CCOc1ccccc1NC(=O)C(OC(=O)c1ccc(NC(=O)c2ccco2)s1)c1ccccc1. The molecule has 2 heterocycles. The molecule has 0 aliphatic rings. The van der Waals surface area contributed by atoms with Crippen LogP contribution in [0.25, 0.3) is 0 Å². The van der Waals surface area contributed by atoms with E-state index in [-0.39, 0.29) is 10.6 Å². The summed E-state index contributed by atoms with van der Waals surface area (Å²) >= 11 is 1.03. The minimum Gasteiger partial charge on any atom is -0.492 e. The maximum Gasteiger partial charge on any atom is 0.349 e. The number of ether oxygens (including phenoxy) is 2. The van der Waals surface area contributed by atoms with Crippen LogP contribution in [0.2, 0.25) is 0 Å². The molecule has 0 saturated carbocycles. The summed E-state index contributed by atoms with van der Waals surface area (Å²) in [6.07, 6.45) is 0.190. The molecular weight excluding hydrogens is 468 g/mol. The second-order valence-electron chi connectivity index (χ2n) is 7.21. The molecule has 0 aliphatic carbocycles. The van der Waals surface area contributed by atoms with Crippen LogP contribution in [0.1, 0.15) is 38.8 Å². The van der Waals surface area contributed by atoms with E-state index in [2.05, 4.69) is 10.6 Å². The summed E-state index contributed by atoms with van der Waals surface area (Å²) in [5, 5.41) is 5.89. The van der Waals surface area contributed by atoms with E-state index in [1.165, 1.54) is 18.4 Å². The highest BCUT2D eigenvalue weighted by molar-refractivity contribution is 7.18. The predicted molar refractivity (Wildman–Crippen MR) is 132 cm³/mol. The third-order valence-electron chi connectivity index (χ3n) is 4.80. The second kappa shape index (κ2) is 11.2. The molecule has 4 aromatic rings. The van der Waals surface area contributed by atoms with E-state index in [4.69, 9.17) is 13.9 Å². The molecule has 0 aliphatic heterocycles. The van der Waals surface area contributed by atoms with Crippen LogP contribution in [0.15, 0.2) is 89.5 Å². The van der Waals surface area contributed by atoms with Gasteiger partial charge >= 0.3 is 5.97 Å². The first-order valence-corrected chi connectivity index (χ1v) is 11.6. The Bertz CT molecular complexity index is 1300. The van der Waals surface area contributed by atoms with Gasteiger partial charge in [-0.2, -0.15) is 0 Å². The van der Waals surface area contributed by atoms with Gasteiger partial charge in [-0.1, -0.05) is 42.5 Å². The molecule has 2 aromatic carbocycles. The number of thiophene rings is 1. The number of carbonyl (C=O) groups excluding carboxylic acids is 3. The van der Waals surface area contributed by atoms with Crippen LogP contribution in [-0.4, -0.2) is 24.4 Å². The Balaban J connectivity index is 1.50. The fourth-order valence-corrected chi connectivity index (χ4v) is 4.00. The smallest absolute Gasteiger partial charge is 0.349 e. The summed E-state index contributed by atoms with van der Waals surface area (Å²) in [6, 6.07) is 22.0. The first-order chi connectivity index (χ1) is 17.0. The molecule has 2 aromatic heterocycles. The van der Waals surface area contributed by atoms with Crippen LogP contribution in [0, 0.1) is 0 Å². The van der Waals surface area contributed by atoms with E-state index in [0.29, 0.717) is 28.6 Å². The molecule has 1 atom stereocenters. The first-order valence-electron chi connectivity index (χ1n) is 10.8. The number of furan rings is 1. The van der Waals surface area contributed by atoms with E-state index >= 15 is 0 Å². The Hall–Kier alpha value is -4.37. The van der Waals surface area contributed by atoms with E-state index in [0.717, 1.165) is 11.3 Å². The predicted octanol–water partition coefficient (Wildman–Crippen LogP) is 5.53. The van der Waals surface area contributed by atoms with Gasteiger partial charge in [0.25, 0.3) is 11.8 Å². The van der Waals surface area contributed by atoms with Crippen molar-refractivity contribution in [1.82, 2.24) is 0 Å². The summed E-state index contributed by atoms with van der Waals surface area (Å²) < 4.78 is 16.3. The highest BCUT2D eigenvalue weighted by Gasteiger charge is 2.27. The molecule has 2 N–H and O–H groups in total. The number of anilines is 2. The molecule has 4 rings (SSSR count). The quantitative estimate of drug-likeness (QED) is 0.299. The fourth-order valence-electron chi connectivity index (χ4n) is 3.21. The van der Waals surface area contributed by atoms with Gasteiger partial charge in [0, 0.05) is 5.56 Å². The van der Waals surface area contributed by atoms with Gasteiger partial charge in [0.2, 0.25) is 6.10 Å². The number of benzene rings is 2. The average Bonchev–Trinajstić information content (AvgIpc) is 3.57. The van der Waals surface area contributed by atoms with Crippen molar-refractivity contribution in [3.05, 3.63) is 101 Å². The lowest BCUT2D eigenvalue weighted by Gasteiger charge is -2.19. The number of nitrogens with one attached hydrogen (secondary N) is 2. The van der Waals surface area contributed by atoms with Crippen molar-refractivity contribution in [3.63, 3.8) is 0 Å². The summed E-state index contributed by atoms with van der Waals surface area (Å²) in [4.78, 5) is 38.5. The van der Waals surface area contributed by atoms with Crippen molar-refractivity contribution in [2.75, 3.05) is 17.2 Å². The topological polar surface area (TPSA) is 107 Å². The lowest BCUT2D eigenvalue weighted by Crippen LogP contribution is -2.26. The Morgan fingerprint density at radius 2 is 1.69 bits per heavy atom. The molecular formula is C26H22N2O6S. The van der Waals surface area contributed by atoms with Gasteiger partial charge in [0.1, 0.15) is 10.6 Å². The summed E-state index contributed by atoms with van der Waals surface area (Å²) in [6.45, 7) is 2.28. The maximum atomic E-state index is 13.2. The summed E-state index contributed by atoms with van der Waals surface area (Å²) in [5.74, 6) is -1.01. The highest BCUT2D eigenvalue weighted by atomic mass is 32.1. The molecule has 8 nitrogen and oxygen atoms in total. The molecule has 0 spiro atoms. The number of esters is 1. The van der Waals surface area contributed by atoms with Gasteiger partial charge in [-0.05, 0) is 43.3 Å². The number of para-hydroxylation sites is 2. The Labute approximate surface area is 205 Å². The summed E-state index contributed by atoms with van der Waals surface area (Å²) in [5.41, 5.74) is 0.977. The van der Waals surface area contributed by atoms with Crippen LogP contribution in [-0.2, 0) is 9.53 Å². The zero-order valence-corrected chi connectivity index (χ0v) is 19.5. The Morgan fingerprint density at radius 3 is 2.43 bits per heavy atom. The van der Waals surface area contributed by atoms with Crippen LogP contribution in [0.4, 0.5) is 10.7 Å². The second-order valence-corrected chi connectivity index (χ2v) is 8.29. The molecule has 0 radical (unpaired) electrons. The van der Waals surface area contributed by atoms with Crippen molar-refractivity contribution in [1.29, 1.82) is 0 Å². The van der Waals surface area contributed by atoms with Crippen LogP contribution >= 0.6 is 11.3 Å². The van der Waals surface area contributed by atoms with Crippen molar-refractivity contribution in [2.45, 2.75) is 13.0 Å². The van der Waals surface area contributed by atoms with Crippen molar-refractivity contribution >= 4 is 39.8 Å². The summed E-state index contributed by atoms with van der Waals surface area (Å²) in [7, 11) is 0. The van der Waals surface area contributed by atoms with Gasteiger partial charge in [-0.15, -0.1) is 11.3 Å². The van der Waals surface area contributed by atoms with Gasteiger partial charge in [-0.25, -0.2) is 4.79 Å². The number of hydrogen-bond donors (Lipinski definition) is 2. The van der Waals surface area contributed by atoms with E-state index in [1.54, 1.807) is 66.7 Å². The van der Waals surface area contributed by atoms with Crippen molar-refractivity contribution in [3.8, 4) is 5.75 Å². The standard InChI is InChI=1S/C26H22N2O6S/c1-2-32-19-12-7-6-11-18(19)27-25(30)23(17-9-4-3-5-10-17)34-26(31)21-14-15-22(35-21)28-24(29)20-13-8-16-33-20/h3-16,23H,2H2,1H3,(H,27,30)(H,28,29). The lowest BCUT2D eigenvalue weighted by molar-refractivity contribution is -0.125. The zero-order valence-electron chi connectivity index (χ0n) is 18.7. The lowest BCUT2D eigenvalue weighted by atomic mass is 10.1. The van der Waals surface area contributed by atoms with Gasteiger partial charge in [0.15, 0.2) is 5.76 Å². The average molecular weight is 491 g/mol. The molecule has 35 heavy (non-hydrogen) atoms. The minimum absolute atomic E-state index is 0.149. The molecule has 0 fully saturated rings. The number of rotatable bonds is 9. The van der Waals surface area contributed by atoms with Gasteiger partial charge < -0.3 is 24.5 Å². The minimum atomic E-state index is -1.21. The fraction of sp³-hybridized carbons (Fsp3) is 0.115. The first kappa shape index (κ1) is 23.8. The number of hydrogen-bond acceptors (Lipinski definition) is 7. The van der Waals surface area contributed by atoms with E-state index in [1.807, 2.05) is 6.92 Å². The molecule has 9 heteroatoms. The molecule has 178 valence electrons. The zero-order chi connectivity index (χ0) is 24.6. The number of carbonyl (C=O) groups is 3. The molecule has 0 bridgehead atoms. The normalized spacial score (nSPS) is 11.3. The molecule has 2 amide bonds. The largest absolute Gasteiger partial charge is 0.492 e. The monoisotopic (exact) mass is 490 g/mol. The van der Waals surface area contributed by atoms with E-state index in [9.17, 15) is 14.4 Å². The van der Waals surface area contributed by atoms with Crippen LogP contribution in [0.3, 0.4) is 0 Å². The number of amides is 2. The van der Waals surface area contributed by atoms with Crippen molar-refractivity contribution < 1.29 is 28.3 Å². The van der Waals surface area contributed by atoms with Gasteiger partial charge in [0.05, 0.1) is 23.6 Å². The maximum absolute atomic E-state index is 13.2. The van der Waals surface area contributed by atoms with Crippen molar-refractivity contribution in [2.24, 2.45) is 0 Å². The van der Waals surface area contributed by atoms with Crippen LogP contribution < -0.4 is 15.4 Å². The molecule has 0 saturated heterocycles. The Kier molecular flexibility index (Phi) is 7.59.